The van der Waals surface area contributed by atoms with Gasteiger partial charge in [-0.1, -0.05) is 59.9 Å². The normalized spacial score (nSPS) is 22.1. The van der Waals surface area contributed by atoms with Crippen LogP contribution in [0.4, 0.5) is 9.93 Å². The number of carbonyl (C=O) groups is 3. The van der Waals surface area contributed by atoms with Gasteiger partial charge in [0.25, 0.3) is 5.91 Å². The quantitative estimate of drug-likeness (QED) is 0.543. The maximum atomic E-state index is 13.1. The monoisotopic (exact) mass is 489 g/mol. The fraction of sp³-hybridized carbons (Fsp3) is 0.308. The third-order valence-corrected chi connectivity index (χ3v) is 8.26. The SMILES string of the molecule is O=C(Nc1ncc(C(=O)N2C3CCC2C(C(=O)O)C3)s1)OCC1c2ccccc2-c2ccccc21. The Balaban J connectivity index is 1.10. The third kappa shape index (κ3) is 3.67. The Kier molecular flexibility index (Phi) is 5.29. The molecule has 8 nitrogen and oxygen atoms in total. The van der Waals surface area contributed by atoms with Crippen molar-refractivity contribution in [2.24, 2.45) is 5.92 Å². The van der Waals surface area contributed by atoms with Crippen molar-refractivity contribution >= 4 is 34.4 Å². The first-order valence-electron chi connectivity index (χ1n) is 11.6. The van der Waals surface area contributed by atoms with E-state index in [9.17, 15) is 19.5 Å². The van der Waals surface area contributed by atoms with Crippen LogP contribution in [0.25, 0.3) is 11.1 Å². The maximum Gasteiger partial charge on any atom is 0.413 e. The fourth-order valence-electron chi connectivity index (χ4n) is 5.85. The molecule has 1 aliphatic carbocycles. The van der Waals surface area contributed by atoms with Crippen molar-refractivity contribution in [1.29, 1.82) is 0 Å². The number of carboxylic acids is 1. The Bertz CT molecular complexity index is 1290. The van der Waals surface area contributed by atoms with Crippen molar-refractivity contribution in [3.05, 3.63) is 70.7 Å². The highest BCUT2D eigenvalue weighted by Gasteiger charge is 2.51. The predicted molar refractivity (Wildman–Crippen MR) is 130 cm³/mol. The largest absolute Gasteiger partial charge is 0.481 e. The summed E-state index contributed by atoms with van der Waals surface area (Å²) in [4.78, 5) is 43.3. The van der Waals surface area contributed by atoms with Gasteiger partial charge in [0.05, 0.1) is 12.1 Å². The van der Waals surface area contributed by atoms with E-state index in [4.69, 9.17) is 4.74 Å². The average Bonchev–Trinajstić information content (AvgIpc) is 3.64. The molecule has 3 unspecified atom stereocenters. The van der Waals surface area contributed by atoms with E-state index in [-0.39, 0.29) is 35.6 Å². The number of anilines is 1. The van der Waals surface area contributed by atoms with Crippen LogP contribution in [0.5, 0.6) is 0 Å². The number of hydrogen-bond acceptors (Lipinski definition) is 6. The molecular formula is C26H23N3O5S. The number of aromatic nitrogens is 1. The van der Waals surface area contributed by atoms with Crippen LogP contribution < -0.4 is 5.32 Å². The molecule has 3 aromatic rings. The molecular weight excluding hydrogens is 466 g/mol. The van der Waals surface area contributed by atoms with E-state index in [0.717, 1.165) is 40.0 Å². The van der Waals surface area contributed by atoms with Crippen molar-refractivity contribution in [3.63, 3.8) is 0 Å². The molecule has 3 atom stereocenters. The van der Waals surface area contributed by atoms with Crippen LogP contribution in [-0.2, 0) is 9.53 Å². The zero-order valence-corrected chi connectivity index (χ0v) is 19.5. The minimum absolute atomic E-state index is 0.0468. The third-order valence-electron chi connectivity index (χ3n) is 7.36. The van der Waals surface area contributed by atoms with Gasteiger partial charge in [0.15, 0.2) is 5.13 Å². The van der Waals surface area contributed by atoms with Crippen molar-refractivity contribution in [2.75, 3.05) is 11.9 Å². The second kappa shape index (κ2) is 8.49. The van der Waals surface area contributed by atoms with E-state index in [1.54, 1.807) is 4.90 Å². The van der Waals surface area contributed by atoms with Gasteiger partial charge in [0, 0.05) is 18.0 Å². The van der Waals surface area contributed by atoms with E-state index >= 15 is 0 Å². The van der Waals surface area contributed by atoms with E-state index in [1.165, 1.54) is 6.20 Å². The minimum Gasteiger partial charge on any atom is -0.481 e. The Hall–Kier alpha value is -3.72. The van der Waals surface area contributed by atoms with Gasteiger partial charge < -0.3 is 14.7 Å². The molecule has 2 aromatic carbocycles. The van der Waals surface area contributed by atoms with E-state index in [1.807, 2.05) is 24.3 Å². The van der Waals surface area contributed by atoms with Gasteiger partial charge in [-0.2, -0.15) is 0 Å². The summed E-state index contributed by atoms with van der Waals surface area (Å²) < 4.78 is 5.55. The van der Waals surface area contributed by atoms with Crippen molar-refractivity contribution < 1.29 is 24.2 Å². The molecule has 2 saturated heterocycles. The smallest absolute Gasteiger partial charge is 0.413 e. The molecule has 2 amide bonds. The highest BCUT2D eigenvalue weighted by atomic mass is 32.1. The van der Waals surface area contributed by atoms with Gasteiger partial charge in [-0.05, 0) is 41.5 Å². The zero-order valence-electron chi connectivity index (χ0n) is 18.7. The van der Waals surface area contributed by atoms with Crippen LogP contribution in [0.2, 0.25) is 0 Å². The van der Waals surface area contributed by atoms with Crippen molar-refractivity contribution in [3.8, 4) is 11.1 Å². The first kappa shape index (κ1) is 21.8. The standard InChI is InChI=1S/C26H23N3O5S/c30-23(29-14-9-10-21(29)19(11-14)24(31)32)22-12-27-25(35-22)28-26(33)34-13-20-17-7-3-1-5-15(17)16-6-2-4-8-18(16)20/h1-8,12,14,19-21H,9-11,13H2,(H,31,32)(H,27,28,33). The molecule has 2 N–H and O–H groups in total. The lowest BCUT2D eigenvalue weighted by molar-refractivity contribution is -0.142. The average molecular weight is 490 g/mol. The molecule has 178 valence electrons. The Labute approximate surface area is 205 Å². The second-order valence-electron chi connectivity index (χ2n) is 9.17. The molecule has 3 heterocycles. The molecule has 35 heavy (non-hydrogen) atoms. The van der Waals surface area contributed by atoms with Crippen LogP contribution in [-0.4, -0.2) is 51.7 Å². The van der Waals surface area contributed by atoms with Gasteiger partial charge in [-0.25, -0.2) is 9.78 Å². The summed E-state index contributed by atoms with van der Waals surface area (Å²) in [7, 11) is 0. The summed E-state index contributed by atoms with van der Waals surface area (Å²) in [5.74, 6) is -1.63. The maximum absolute atomic E-state index is 13.1. The summed E-state index contributed by atoms with van der Waals surface area (Å²) >= 11 is 1.07. The van der Waals surface area contributed by atoms with E-state index < -0.39 is 18.0 Å². The van der Waals surface area contributed by atoms with Gasteiger partial charge in [-0.15, -0.1) is 0 Å². The van der Waals surface area contributed by atoms with Gasteiger partial charge >= 0.3 is 12.1 Å². The number of amides is 2. The summed E-state index contributed by atoms with van der Waals surface area (Å²) in [6, 6.07) is 15.9. The topological polar surface area (TPSA) is 109 Å². The number of nitrogens with zero attached hydrogens (tertiary/aromatic N) is 2. The molecule has 2 fully saturated rings. The van der Waals surface area contributed by atoms with Crippen molar-refractivity contribution in [1.82, 2.24) is 9.88 Å². The van der Waals surface area contributed by atoms with Crippen LogP contribution in [0.15, 0.2) is 54.7 Å². The first-order valence-corrected chi connectivity index (χ1v) is 12.5. The summed E-state index contributed by atoms with van der Waals surface area (Å²) in [5.41, 5.74) is 4.56. The number of benzene rings is 2. The van der Waals surface area contributed by atoms with Gasteiger partial charge in [-0.3, -0.25) is 14.9 Å². The Morgan fingerprint density at radius 1 is 1.06 bits per heavy atom. The van der Waals surface area contributed by atoms with Crippen LogP contribution >= 0.6 is 11.3 Å². The summed E-state index contributed by atoms with van der Waals surface area (Å²) in [6.45, 7) is 0.185. The molecule has 2 bridgehead atoms. The number of carbonyl (C=O) groups excluding carboxylic acids is 2. The van der Waals surface area contributed by atoms with Crippen LogP contribution in [0, 0.1) is 5.92 Å². The van der Waals surface area contributed by atoms with Crippen LogP contribution in [0.3, 0.4) is 0 Å². The molecule has 0 spiro atoms. The summed E-state index contributed by atoms with van der Waals surface area (Å²) in [5, 5.41) is 12.3. The first-order chi connectivity index (χ1) is 17.0. The Morgan fingerprint density at radius 3 is 2.40 bits per heavy atom. The lowest BCUT2D eigenvalue weighted by Crippen LogP contribution is -2.37. The number of aliphatic carboxylic acids is 1. The van der Waals surface area contributed by atoms with Gasteiger partial charge in [0.1, 0.15) is 11.5 Å². The number of carboxylic acid groups (broad SMARTS) is 1. The van der Waals surface area contributed by atoms with Crippen LogP contribution in [0.1, 0.15) is 46.0 Å². The lowest BCUT2D eigenvalue weighted by Gasteiger charge is -2.22. The second-order valence-corrected chi connectivity index (χ2v) is 10.2. The zero-order chi connectivity index (χ0) is 24.1. The molecule has 6 rings (SSSR count). The lowest BCUT2D eigenvalue weighted by atomic mass is 9.89. The molecule has 1 aromatic heterocycles. The van der Waals surface area contributed by atoms with E-state index in [0.29, 0.717) is 17.7 Å². The molecule has 2 aliphatic heterocycles. The number of thiazole rings is 1. The highest BCUT2D eigenvalue weighted by Crippen LogP contribution is 2.45. The fourth-order valence-corrected chi connectivity index (χ4v) is 6.60. The van der Waals surface area contributed by atoms with Gasteiger partial charge in [0.2, 0.25) is 0 Å². The number of hydrogen-bond donors (Lipinski definition) is 2. The number of rotatable bonds is 5. The highest BCUT2D eigenvalue weighted by molar-refractivity contribution is 7.17. The minimum atomic E-state index is -0.850. The molecule has 3 aliphatic rings. The molecule has 0 radical (unpaired) electrons. The number of nitrogens with one attached hydrogen (secondary N) is 1. The van der Waals surface area contributed by atoms with Crippen molar-refractivity contribution in [2.45, 2.75) is 37.3 Å². The number of ether oxygens (including phenoxy) is 1. The molecule has 0 saturated carbocycles. The Morgan fingerprint density at radius 2 is 1.74 bits per heavy atom. The van der Waals surface area contributed by atoms with E-state index in [2.05, 4.69) is 34.6 Å². The molecule has 9 heteroatoms. The predicted octanol–water partition coefficient (Wildman–Crippen LogP) is 4.58. The summed E-state index contributed by atoms with van der Waals surface area (Å²) in [6.07, 6.45) is 2.82. The number of fused-ring (bicyclic) bond motifs is 5.